The average Bonchev–Trinajstić information content (AvgIpc) is 2.27. The number of rotatable bonds is 4. The van der Waals surface area contributed by atoms with Crippen LogP contribution in [0.3, 0.4) is 0 Å². The van der Waals surface area contributed by atoms with Crippen LogP contribution in [0.2, 0.25) is 0 Å². The lowest BCUT2D eigenvalue weighted by atomic mass is 10.2. The van der Waals surface area contributed by atoms with E-state index in [1.54, 1.807) is 39.0 Å². The minimum atomic E-state index is -3.51. The molecule has 0 bridgehead atoms. The van der Waals surface area contributed by atoms with Crippen molar-refractivity contribution in [3.63, 3.8) is 0 Å². The Morgan fingerprint density at radius 1 is 1.37 bits per heavy atom. The molecule has 0 atom stereocenters. The van der Waals surface area contributed by atoms with Crippen LogP contribution in [-0.2, 0) is 10.0 Å². The summed E-state index contributed by atoms with van der Waals surface area (Å²) in [6.45, 7) is 4.85. The predicted octanol–water partition coefficient (Wildman–Crippen LogP) is 1.87. The lowest BCUT2D eigenvalue weighted by Gasteiger charge is -2.21. The minimum absolute atomic E-state index is 0.225. The number of nitrogens with two attached hydrogens (primary N) is 1. The molecule has 0 saturated carbocycles. The van der Waals surface area contributed by atoms with Gasteiger partial charge in [-0.2, -0.15) is 0 Å². The molecule has 0 radical (unpaired) electrons. The third kappa shape index (κ3) is 3.57. The normalized spacial score (nSPS) is 12.0. The van der Waals surface area contributed by atoms with Crippen molar-refractivity contribution in [3.8, 4) is 5.75 Å². The first-order valence-corrected chi connectivity index (χ1v) is 7.48. The van der Waals surface area contributed by atoms with E-state index in [0.29, 0.717) is 17.0 Å². The second-order valence-corrected chi connectivity index (χ2v) is 7.87. The SMILES string of the molecule is COc1cc(C(N)=S)ccc1NS(=O)(=O)C(C)(C)C. The van der Waals surface area contributed by atoms with Gasteiger partial charge in [0.1, 0.15) is 10.7 Å². The maximum atomic E-state index is 12.1. The van der Waals surface area contributed by atoms with E-state index < -0.39 is 14.8 Å². The van der Waals surface area contributed by atoms with E-state index in [9.17, 15) is 8.42 Å². The van der Waals surface area contributed by atoms with Gasteiger partial charge in [-0.15, -0.1) is 0 Å². The van der Waals surface area contributed by atoms with Crippen LogP contribution in [0.25, 0.3) is 0 Å². The van der Waals surface area contributed by atoms with Crippen LogP contribution in [0.15, 0.2) is 18.2 Å². The van der Waals surface area contributed by atoms with E-state index in [4.69, 9.17) is 22.7 Å². The molecular weight excluding hydrogens is 284 g/mol. The number of ether oxygens (including phenoxy) is 1. The summed E-state index contributed by atoms with van der Waals surface area (Å²) in [4.78, 5) is 0.225. The monoisotopic (exact) mass is 302 g/mol. The van der Waals surface area contributed by atoms with Crippen molar-refractivity contribution in [2.24, 2.45) is 5.73 Å². The topological polar surface area (TPSA) is 81.4 Å². The van der Waals surface area contributed by atoms with Crippen molar-refractivity contribution in [2.45, 2.75) is 25.5 Å². The van der Waals surface area contributed by atoms with Gasteiger partial charge in [0.25, 0.3) is 0 Å². The fraction of sp³-hybridized carbons (Fsp3) is 0.417. The Bertz CT molecular complexity index is 589. The van der Waals surface area contributed by atoms with Gasteiger partial charge in [-0.3, -0.25) is 4.72 Å². The first-order valence-electron chi connectivity index (χ1n) is 5.58. The standard InChI is InChI=1S/C12H18N2O3S2/c1-12(2,3)19(15,16)14-9-6-5-8(11(13)18)7-10(9)17-4/h5-7,14H,1-4H3,(H2,13,18). The van der Waals surface area contributed by atoms with Crippen molar-refractivity contribution in [1.82, 2.24) is 0 Å². The molecule has 0 saturated heterocycles. The van der Waals surface area contributed by atoms with Crippen molar-refractivity contribution < 1.29 is 13.2 Å². The van der Waals surface area contributed by atoms with Gasteiger partial charge in [0, 0.05) is 5.56 Å². The number of benzene rings is 1. The zero-order valence-electron chi connectivity index (χ0n) is 11.4. The molecule has 0 spiro atoms. The Morgan fingerprint density at radius 3 is 2.37 bits per heavy atom. The second-order valence-electron chi connectivity index (χ2n) is 5.00. The van der Waals surface area contributed by atoms with E-state index >= 15 is 0 Å². The Labute approximate surface area is 119 Å². The van der Waals surface area contributed by atoms with Crippen molar-refractivity contribution in [1.29, 1.82) is 0 Å². The molecule has 0 aliphatic heterocycles. The van der Waals surface area contributed by atoms with Crippen LogP contribution in [0.4, 0.5) is 5.69 Å². The molecule has 0 aliphatic rings. The van der Waals surface area contributed by atoms with Gasteiger partial charge >= 0.3 is 0 Å². The van der Waals surface area contributed by atoms with Crippen molar-refractivity contribution >= 4 is 32.9 Å². The summed E-state index contributed by atoms with van der Waals surface area (Å²) in [6, 6.07) is 4.82. The van der Waals surface area contributed by atoms with Crippen LogP contribution in [-0.4, -0.2) is 25.3 Å². The van der Waals surface area contributed by atoms with Gasteiger partial charge in [0.2, 0.25) is 10.0 Å². The van der Waals surface area contributed by atoms with E-state index in [0.717, 1.165) is 0 Å². The van der Waals surface area contributed by atoms with Gasteiger partial charge in [0.15, 0.2) is 0 Å². The zero-order chi connectivity index (χ0) is 14.8. The summed E-state index contributed by atoms with van der Waals surface area (Å²) >= 11 is 4.87. The highest BCUT2D eigenvalue weighted by Crippen LogP contribution is 2.29. The maximum absolute atomic E-state index is 12.1. The predicted molar refractivity (Wildman–Crippen MR) is 81.2 cm³/mol. The number of hydrogen-bond donors (Lipinski definition) is 2. The van der Waals surface area contributed by atoms with E-state index in [-0.39, 0.29) is 4.99 Å². The Morgan fingerprint density at radius 2 is 1.95 bits per heavy atom. The highest BCUT2D eigenvalue weighted by molar-refractivity contribution is 7.94. The summed E-state index contributed by atoms with van der Waals surface area (Å²) in [7, 11) is -2.06. The van der Waals surface area contributed by atoms with E-state index in [2.05, 4.69) is 4.72 Å². The molecule has 3 N–H and O–H groups in total. The van der Waals surface area contributed by atoms with Gasteiger partial charge in [-0.25, -0.2) is 8.42 Å². The number of sulfonamides is 1. The highest BCUT2D eigenvalue weighted by atomic mass is 32.2. The molecule has 0 fully saturated rings. The molecule has 0 aliphatic carbocycles. The van der Waals surface area contributed by atoms with Crippen molar-refractivity contribution in [3.05, 3.63) is 23.8 Å². The fourth-order valence-corrected chi connectivity index (χ4v) is 2.12. The number of methoxy groups -OCH3 is 1. The number of nitrogens with one attached hydrogen (secondary N) is 1. The average molecular weight is 302 g/mol. The lowest BCUT2D eigenvalue weighted by Crippen LogP contribution is -2.33. The quantitative estimate of drug-likeness (QED) is 0.830. The molecule has 0 heterocycles. The van der Waals surface area contributed by atoms with Crippen LogP contribution in [0, 0.1) is 0 Å². The highest BCUT2D eigenvalue weighted by Gasteiger charge is 2.29. The Balaban J connectivity index is 3.20. The third-order valence-corrected chi connectivity index (χ3v) is 4.87. The number of anilines is 1. The summed E-state index contributed by atoms with van der Waals surface area (Å²) < 4.78 is 30.9. The summed E-state index contributed by atoms with van der Waals surface area (Å²) in [5.74, 6) is 0.373. The lowest BCUT2D eigenvalue weighted by molar-refractivity contribution is 0.416. The fourth-order valence-electron chi connectivity index (χ4n) is 1.23. The van der Waals surface area contributed by atoms with E-state index in [1.807, 2.05) is 0 Å². The molecular formula is C12H18N2O3S2. The summed E-state index contributed by atoms with van der Waals surface area (Å²) in [5, 5.41) is 0. The molecule has 1 aromatic rings. The summed E-state index contributed by atoms with van der Waals surface area (Å²) in [6.07, 6.45) is 0. The number of hydrogen-bond acceptors (Lipinski definition) is 4. The van der Waals surface area contributed by atoms with Crippen LogP contribution >= 0.6 is 12.2 Å². The molecule has 1 aromatic carbocycles. The smallest absolute Gasteiger partial charge is 0.237 e. The minimum Gasteiger partial charge on any atom is -0.495 e. The number of thiocarbonyl (C=S) groups is 1. The molecule has 0 aromatic heterocycles. The molecule has 0 unspecified atom stereocenters. The summed E-state index contributed by atoms with van der Waals surface area (Å²) in [5.41, 5.74) is 6.50. The third-order valence-electron chi connectivity index (χ3n) is 2.54. The van der Waals surface area contributed by atoms with Crippen molar-refractivity contribution in [2.75, 3.05) is 11.8 Å². The first kappa shape index (κ1) is 15.7. The maximum Gasteiger partial charge on any atom is 0.237 e. The molecule has 5 nitrogen and oxygen atoms in total. The van der Waals surface area contributed by atoms with Gasteiger partial charge in [-0.05, 0) is 39.0 Å². The van der Waals surface area contributed by atoms with E-state index in [1.165, 1.54) is 7.11 Å². The van der Waals surface area contributed by atoms with Crippen LogP contribution < -0.4 is 15.2 Å². The van der Waals surface area contributed by atoms with Crippen LogP contribution in [0.5, 0.6) is 5.75 Å². The largest absolute Gasteiger partial charge is 0.495 e. The Hall–Kier alpha value is -1.34. The molecule has 0 amide bonds. The zero-order valence-corrected chi connectivity index (χ0v) is 13.0. The molecule has 1 rings (SSSR count). The first-order chi connectivity index (χ1) is 8.58. The Kier molecular flexibility index (Phi) is 4.42. The second kappa shape index (κ2) is 5.34. The van der Waals surface area contributed by atoms with Gasteiger partial charge in [0.05, 0.1) is 17.5 Å². The van der Waals surface area contributed by atoms with Gasteiger partial charge < -0.3 is 10.5 Å². The van der Waals surface area contributed by atoms with Crippen LogP contribution in [0.1, 0.15) is 26.3 Å². The molecule has 106 valence electrons. The van der Waals surface area contributed by atoms with Gasteiger partial charge in [-0.1, -0.05) is 12.2 Å². The molecule has 19 heavy (non-hydrogen) atoms. The molecule has 7 heteroatoms.